The highest BCUT2D eigenvalue weighted by molar-refractivity contribution is 7.90. The highest BCUT2D eigenvalue weighted by Crippen LogP contribution is 2.33. The smallest absolute Gasteiger partial charge is 0.175 e. The van der Waals surface area contributed by atoms with Crippen molar-refractivity contribution in [2.45, 2.75) is 49.5 Å². The molecule has 0 amide bonds. The number of aliphatic hydroxyl groups excluding tert-OH is 1. The van der Waals surface area contributed by atoms with E-state index in [9.17, 15) is 8.42 Å². The molecule has 0 atom stereocenters. The Bertz CT molecular complexity index is 861. The van der Waals surface area contributed by atoms with E-state index in [1.807, 2.05) is 30.4 Å². The van der Waals surface area contributed by atoms with E-state index in [1.54, 1.807) is 12.1 Å². The Morgan fingerprint density at radius 1 is 1.19 bits per heavy atom. The van der Waals surface area contributed by atoms with E-state index in [0.717, 1.165) is 29.8 Å². The van der Waals surface area contributed by atoms with Crippen molar-refractivity contribution in [1.29, 1.82) is 0 Å². The minimum Gasteiger partial charge on any atom is -0.396 e. The van der Waals surface area contributed by atoms with Crippen LogP contribution in [0.5, 0.6) is 0 Å². The highest BCUT2D eigenvalue weighted by atomic mass is 32.2. The van der Waals surface area contributed by atoms with Crippen LogP contribution in [0.1, 0.15) is 50.3 Å². The first-order valence-corrected chi connectivity index (χ1v) is 11.1. The van der Waals surface area contributed by atoms with Crippen LogP contribution >= 0.6 is 0 Å². The molecule has 0 spiro atoms. The molecule has 26 heavy (non-hydrogen) atoms. The normalized spacial score (nSPS) is 16.4. The van der Waals surface area contributed by atoms with E-state index in [0.29, 0.717) is 17.4 Å². The van der Waals surface area contributed by atoms with Crippen molar-refractivity contribution < 1.29 is 13.5 Å². The maximum Gasteiger partial charge on any atom is 0.175 e. The van der Waals surface area contributed by atoms with Gasteiger partial charge in [-0.2, -0.15) is 5.10 Å². The summed E-state index contributed by atoms with van der Waals surface area (Å²) in [6.45, 7) is 0.125. The molecule has 6 heteroatoms. The third-order valence-electron chi connectivity index (χ3n) is 4.84. The first-order chi connectivity index (χ1) is 12.5. The van der Waals surface area contributed by atoms with Crippen molar-refractivity contribution >= 4 is 15.9 Å². The first-order valence-electron chi connectivity index (χ1n) is 9.16. The van der Waals surface area contributed by atoms with Gasteiger partial charge in [0.1, 0.15) is 0 Å². The van der Waals surface area contributed by atoms with Crippen molar-refractivity contribution in [3.05, 3.63) is 42.1 Å². The second kappa shape index (κ2) is 8.18. The zero-order valence-electron chi connectivity index (χ0n) is 15.1. The lowest BCUT2D eigenvalue weighted by molar-refractivity contribution is 0.303. The van der Waals surface area contributed by atoms with Crippen molar-refractivity contribution in [1.82, 2.24) is 9.78 Å². The number of aromatic nitrogens is 2. The summed E-state index contributed by atoms with van der Waals surface area (Å²) in [7, 11) is -3.20. The quantitative estimate of drug-likeness (QED) is 0.833. The van der Waals surface area contributed by atoms with Crippen molar-refractivity contribution in [3.63, 3.8) is 0 Å². The fourth-order valence-corrected chi connectivity index (χ4v) is 4.10. The molecule has 0 bridgehead atoms. The summed E-state index contributed by atoms with van der Waals surface area (Å²) in [5.41, 5.74) is 2.85. The zero-order valence-corrected chi connectivity index (χ0v) is 16.0. The van der Waals surface area contributed by atoms with Crippen LogP contribution in [-0.4, -0.2) is 36.2 Å². The lowest BCUT2D eigenvalue weighted by Gasteiger charge is -2.24. The zero-order chi connectivity index (χ0) is 18.6. The van der Waals surface area contributed by atoms with E-state index >= 15 is 0 Å². The Labute approximate surface area is 155 Å². The SMILES string of the molecule is CS(=O)(=O)c1ccc(-c2cc(/C=C\CCO)nn2C2CCCCC2)cc1. The van der Waals surface area contributed by atoms with Gasteiger partial charge in [0.15, 0.2) is 9.84 Å². The van der Waals surface area contributed by atoms with E-state index in [4.69, 9.17) is 10.2 Å². The van der Waals surface area contributed by atoms with E-state index < -0.39 is 9.84 Å². The van der Waals surface area contributed by atoms with Gasteiger partial charge < -0.3 is 5.11 Å². The van der Waals surface area contributed by atoms with Gasteiger partial charge in [-0.15, -0.1) is 0 Å². The summed E-state index contributed by atoms with van der Waals surface area (Å²) >= 11 is 0. The molecule has 3 rings (SSSR count). The Balaban J connectivity index is 1.97. The van der Waals surface area contributed by atoms with E-state index in [2.05, 4.69) is 4.68 Å². The molecule has 0 saturated heterocycles. The molecule has 1 fully saturated rings. The molecule has 1 aromatic carbocycles. The van der Waals surface area contributed by atoms with Gasteiger partial charge in [-0.1, -0.05) is 37.5 Å². The number of benzene rings is 1. The fourth-order valence-electron chi connectivity index (χ4n) is 3.47. The molecule has 1 aliphatic carbocycles. The maximum atomic E-state index is 11.7. The van der Waals surface area contributed by atoms with Crippen LogP contribution in [0.4, 0.5) is 0 Å². The number of hydrogen-bond acceptors (Lipinski definition) is 4. The predicted molar refractivity (Wildman–Crippen MR) is 104 cm³/mol. The Morgan fingerprint density at radius 3 is 2.50 bits per heavy atom. The lowest BCUT2D eigenvalue weighted by Crippen LogP contribution is -2.15. The molecule has 1 heterocycles. The molecule has 0 unspecified atom stereocenters. The number of aliphatic hydroxyl groups is 1. The van der Waals surface area contributed by atoms with Crippen molar-refractivity contribution in [2.75, 3.05) is 12.9 Å². The maximum absolute atomic E-state index is 11.7. The molecular formula is C20H26N2O3S. The molecule has 1 aromatic heterocycles. The van der Waals surface area contributed by atoms with E-state index in [-0.39, 0.29) is 6.61 Å². The van der Waals surface area contributed by atoms with Gasteiger partial charge in [-0.3, -0.25) is 4.68 Å². The molecule has 1 aliphatic rings. The van der Waals surface area contributed by atoms with E-state index in [1.165, 1.54) is 25.5 Å². The summed E-state index contributed by atoms with van der Waals surface area (Å²) in [4.78, 5) is 0.327. The Hall–Kier alpha value is -1.92. The van der Waals surface area contributed by atoms with Crippen LogP contribution in [0.3, 0.4) is 0 Å². The molecule has 5 nitrogen and oxygen atoms in total. The summed E-state index contributed by atoms with van der Waals surface area (Å²) in [5.74, 6) is 0. The van der Waals surface area contributed by atoms with Gasteiger partial charge in [-0.05, 0) is 49.1 Å². The largest absolute Gasteiger partial charge is 0.396 e. The minimum atomic E-state index is -3.20. The number of rotatable bonds is 6. The van der Waals surface area contributed by atoms with Crippen LogP contribution in [-0.2, 0) is 9.84 Å². The monoisotopic (exact) mass is 374 g/mol. The molecule has 140 valence electrons. The van der Waals surface area contributed by atoms with Gasteiger partial charge in [0.05, 0.1) is 22.3 Å². The number of hydrogen-bond donors (Lipinski definition) is 1. The van der Waals surface area contributed by atoms with Crippen LogP contribution in [0.2, 0.25) is 0 Å². The Kier molecular flexibility index (Phi) is 5.94. The van der Waals surface area contributed by atoms with Gasteiger partial charge in [0, 0.05) is 12.9 Å². The van der Waals surface area contributed by atoms with Crippen LogP contribution in [0.15, 0.2) is 41.3 Å². The minimum absolute atomic E-state index is 0.125. The van der Waals surface area contributed by atoms with Crippen molar-refractivity contribution in [2.24, 2.45) is 0 Å². The Morgan fingerprint density at radius 2 is 1.88 bits per heavy atom. The summed E-state index contributed by atoms with van der Waals surface area (Å²) in [5, 5.41) is 13.7. The second-order valence-corrected chi connectivity index (χ2v) is 8.92. The van der Waals surface area contributed by atoms with Crippen molar-refractivity contribution in [3.8, 4) is 11.3 Å². The third-order valence-corrected chi connectivity index (χ3v) is 5.97. The first kappa shape index (κ1) is 18.9. The predicted octanol–water partition coefficient (Wildman–Crippen LogP) is 3.85. The van der Waals surface area contributed by atoms with Crippen LogP contribution in [0, 0.1) is 0 Å². The van der Waals surface area contributed by atoms with Crippen LogP contribution in [0.25, 0.3) is 17.3 Å². The fraction of sp³-hybridized carbons (Fsp3) is 0.450. The second-order valence-electron chi connectivity index (χ2n) is 6.90. The van der Waals surface area contributed by atoms with Crippen LogP contribution < -0.4 is 0 Å². The number of sulfone groups is 1. The highest BCUT2D eigenvalue weighted by Gasteiger charge is 2.20. The molecular weight excluding hydrogens is 348 g/mol. The summed E-state index contributed by atoms with van der Waals surface area (Å²) in [6.07, 6.45) is 11.6. The van der Waals surface area contributed by atoms with Gasteiger partial charge in [0.2, 0.25) is 0 Å². The lowest BCUT2D eigenvalue weighted by atomic mass is 9.95. The average Bonchev–Trinajstić information content (AvgIpc) is 3.06. The van der Waals surface area contributed by atoms with Gasteiger partial charge in [0.25, 0.3) is 0 Å². The molecule has 1 saturated carbocycles. The molecule has 0 radical (unpaired) electrons. The summed E-state index contributed by atoms with van der Waals surface area (Å²) < 4.78 is 25.5. The summed E-state index contributed by atoms with van der Waals surface area (Å²) in [6, 6.07) is 9.45. The molecule has 0 aliphatic heterocycles. The standard InChI is InChI=1S/C20H26N2O3S/c1-26(24,25)19-12-10-16(11-13-19)20-15-17(7-5-6-14-23)21-22(20)18-8-3-2-4-9-18/h5,7,10-13,15,18,23H,2-4,6,8-9,14H2,1H3/b7-5-. The van der Waals surface area contributed by atoms with Gasteiger partial charge in [-0.25, -0.2) is 8.42 Å². The van der Waals surface area contributed by atoms with Gasteiger partial charge >= 0.3 is 0 Å². The number of nitrogens with zero attached hydrogens (tertiary/aromatic N) is 2. The molecule has 2 aromatic rings. The molecule has 1 N–H and O–H groups in total. The topological polar surface area (TPSA) is 72.2 Å². The average molecular weight is 375 g/mol. The third kappa shape index (κ3) is 4.43.